The van der Waals surface area contributed by atoms with Gasteiger partial charge < -0.3 is 20.3 Å². The Labute approximate surface area is 137 Å². The van der Waals surface area contributed by atoms with E-state index < -0.39 is 0 Å². The largest absolute Gasteiger partial charge is 0.376 e. The molecule has 1 atom stereocenters. The summed E-state index contributed by atoms with van der Waals surface area (Å²) < 4.78 is 5.50. The molecule has 2 fully saturated rings. The molecule has 0 aromatic carbocycles. The van der Waals surface area contributed by atoms with E-state index in [4.69, 9.17) is 4.74 Å². The molecular weight excluding hydrogens is 292 g/mol. The molecule has 2 saturated heterocycles. The van der Waals surface area contributed by atoms with Crippen molar-refractivity contribution >= 4 is 11.7 Å². The number of nitrogens with one attached hydrogen (secondary N) is 2. The second kappa shape index (κ2) is 8.15. The number of urea groups is 1. The summed E-state index contributed by atoms with van der Waals surface area (Å²) in [5.41, 5.74) is 1.24. The van der Waals surface area contributed by atoms with Crippen LogP contribution in [-0.4, -0.2) is 49.9 Å². The van der Waals surface area contributed by atoms with Crippen LogP contribution in [-0.2, 0) is 4.74 Å². The fourth-order valence-corrected chi connectivity index (χ4v) is 3.26. The topological polar surface area (TPSA) is 66.5 Å². The summed E-state index contributed by atoms with van der Waals surface area (Å²) in [6.45, 7) is 4.26. The number of carbonyl (C=O) groups is 1. The lowest BCUT2D eigenvalue weighted by Crippen LogP contribution is -2.43. The van der Waals surface area contributed by atoms with Crippen molar-refractivity contribution in [3.8, 4) is 0 Å². The first kappa shape index (κ1) is 16.1. The van der Waals surface area contributed by atoms with Gasteiger partial charge in [-0.2, -0.15) is 0 Å². The van der Waals surface area contributed by atoms with Gasteiger partial charge in [0, 0.05) is 50.9 Å². The lowest BCUT2D eigenvalue weighted by molar-refractivity contribution is 0.111. The number of hydrogen-bond acceptors (Lipinski definition) is 4. The first-order valence-electron chi connectivity index (χ1n) is 8.59. The molecule has 2 aliphatic heterocycles. The molecule has 6 heteroatoms. The SMILES string of the molecule is O=C(NCC1CCN(c2ccncc2)CC1)NC[C@H]1CCCO1. The highest BCUT2D eigenvalue weighted by atomic mass is 16.5. The van der Waals surface area contributed by atoms with E-state index >= 15 is 0 Å². The predicted octanol–water partition coefficient (Wildman–Crippen LogP) is 1.78. The van der Waals surface area contributed by atoms with Crippen LogP contribution >= 0.6 is 0 Å². The Balaban J connectivity index is 1.32. The molecule has 23 heavy (non-hydrogen) atoms. The second-order valence-electron chi connectivity index (χ2n) is 6.36. The molecule has 3 rings (SSSR count). The molecule has 2 amide bonds. The predicted molar refractivity (Wildman–Crippen MR) is 89.5 cm³/mol. The van der Waals surface area contributed by atoms with Crippen LogP contribution in [0.25, 0.3) is 0 Å². The molecule has 1 aromatic rings. The molecule has 0 aliphatic carbocycles. The van der Waals surface area contributed by atoms with Gasteiger partial charge in [-0.25, -0.2) is 4.79 Å². The van der Waals surface area contributed by atoms with E-state index in [-0.39, 0.29) is 12.1 Å². The van der Waals surface area contributed by atoms with E-state index in [1.165, 1.54) is 5.69 Å². The summed E-state index contributed by atoms with van der Waals surface area (Å²) in [7, 11) is 0. The first-order chi connectivity index (χ1) is 11.3. The molecule has 1 aromatic heterocycles. The van der Waals surface area contributed by atoms with E-state index in [0.717, 1.165) is 51.9 Å². The highest BCUT2D eigenvalue weighted by Crippen LogP contribution is 2.22. The molecular formula is C17H26N4O2. The molecule has 3 heterocycles. The Morgan fingerprint density at radius 3 is 2.61 bits per heavy atom. The summed E-state index contributed by atoms with van der Waals surface area (Å²) >= 11 is 0. The summed E-state index contributed by atoms with van der Waals surface area (Å²) in [6, 6.07) is 4.03. The molecule has 0 unspecified atom stereocenters. The van der Waals surface area contributed by atoms with Crippen molar-refractivity contribution in [1.82, 2.24) is 15.6 Å². The number of ether oxygens (including phenoxy) is 1. The molecule has 0 radical (unpaired) electrons. The maximum absolute atomic E-state index is 11.8. The number of carbonyl (C=O) groups excluding carboxylic acids is 1. The average molecular weight is 318 g/mol. The number of anilines is 1. The van der Waals surface area contributed by atoms with Gasteiger partial charge in [0.05, 0.1) is 6.10 Å². The molecule has 0 spiro atoms. The number of pyridine rings is 1. The van der Waals surface area contributed by atoms with Crippen molar-refractivity contribution in [3.05, 3.63) is 24.5 Å². The zero-order valence-electron chi connectivity index (χ0n) is 13.5. The van der Waals surface area contributed by atoms with Crippen LogP contribution < -0.4 is 15.5 Å². The Bertz CT molecular complexity index is 483. The third kappa shape index (κ3) is 4.82. The second-order valence-corrected chi connectivity index (χ2v) is 6.36. The van der Waals surface area contributed by atoms with E-state index in [1.54, 1.807) is 0 Å². The van der Waals surface area contributed by atoms with Crippen LogP contribution in [0.2, 0.25) is 0 Å². The van der Waals surface area contributed by atoms with Crippen molar-refractivity contribution in [2.45, 2.75) is 31.8 Å². The molecule has 0 bridgehead atoms. The smallest absolute Gasteiger partial charge is 0.314 e. The molecule has 2 N–H and O–H groups in total. The van der Waals surface area contributed by atoms with Gasteiger partial charge in [-0.05, 0) is 43.7 Å². The van der Waals surface area contributed by atoms with Crippen LogP contribution in [0.1, 0.15) is 25.7 Å². The monoisotopic (exact) mass is 318 g/mol. The lowest BCUT2D eigenvalue weighted by Gasteiger charge is -2.33. The number of nitrogens with zero attached hydrogens (tertiary/aromatic N) is 2. The quantitative estimate of drug-likeness (QED) is 0.868. The van der Waals surface area contributed by atoms with E-state index in [0.29, 0.717) is 12.5 Å². The van der Waals surface area contributed by atoms with E-state index in [1.807, 2.05) is 12.4 Å². The van der Waals surface area contributed by atoms with Gasteiger partial charge in [0.2, 0.25) is 0 Å². The van der Waals surface area contributed by atoms with Crippen molar-refractivity contribution in [2.75, 3.05) is 37.7 Å². The number of amides is 2. The summed E-state index contributed by atoms with van der Waals surface area (Å²) in [6.07, 6.45) is 8.23. The van der Waals surface area contributed by atoms with Crippen LogP contribution in [0.15, 0.2) is 24.5 Å². The van der Waals surface area contributed by atoms with Crippen LogP contribution in [0.3, 0.4) is 0 Å². The van der Waals surface area contributed by atoms with Crippen molar-refractivity contribution < 1.29 is 9.53 Å². The van der Waals surface area contributed by atoms with Gasteiger partial charge in [0.15, 0.2) is 0 Å². The third-order valence-electron chi connectivity index (χ3n) is 4.71. The standard InChI is InChI=1S/C17H26N4O2/c22-17(20-13-16-2-1-11-23-16)19-12-14-5-9-21(10-6-14)15-3-7-18-8-4-15/h3-4,7-8,14,16H,1-2,5-6,9-13H2,(H2,19,20,22)/t16-/m1/s1. The molecule has 2 aliphatic rings. The Morgan fingerprint density at radius 2 is 1.91 bits per heavy atom. The van der Waals surface area contributed by atoms with Gasteiger partial charge >= 0.3 is 6.03 Å². The van der Waals surface area contributed by atoms with Gasteiger partial charge in [-0.15, -0.1) is 0 Å². The van der Waals surface area contributed by atoms with Gasteiger partial charge in [0.1, 0.15) is 0 Å². The number of rotatable bonds is 5. The fourth-order valence-electron chi connectivity index (χ4n) is 3.26. The number of hydrogen-bond donors (Lipinski definition) is 2. The maximum atomic E-state index is 11.8. The van der Waals surface area contributed by atoms with E-state index in [9.17, 15) is 4.79 Å². The summed E-state index contributed by atoms with van der Waals surface area (Å²) in [5.74, 6) is 0.557. The number of aromatic nitrogens is 1. The van der Waals surface area contributed by atoms with Crippen LogP contribution in [0.5, 0.6) is 0 Å². The molecule has 6 nitrogen and oxygen atoms in total. The van der Waals surface area contributed by atoms with Crippen molar-refractivity contribution in [2.24, 2.45) is 5.92 Å². The van der Waals surface area contributed by atoms with Gasteiger partial charge in [0.25, 0.3) is 0 Å². The Kier molecular flexibility index (Phi) is 5.69. The van der Waals surface area contributed by atoms with Crippen LogP contribution in [0.4, 0.5) is 10.5 Å². The zero-order chi connectivity index (χ0) is 15.9. The van der Waals surface area contributed by atoms with E-state index in [2.05, 4.69) is 32.7 Å². The minimum absolute atomic E-state index is 0.0722. The van der Waals surface area contributed by atoms with Crippen molar-refractivity contribution in [3.63, 3.8) is 0 Å². The number of piperidine rings is 1. The normalized spacial score (nSPS) is 22.1. The average Bonchev–Trinajstić information content (AvgIpc) is 3.13. The van der Waals surface area contributed by atoms with Crippen molar-refractivity contribution in [1.29, 1.82) is 0 Å². The minimum Gasteiger partial charge on any atom is -0.376 e. The third-order valence-corrected chi connectivity index (χ3v) is 4.71. The Morgan fingerprint density at radius 1 is 1.17 bits per heavy atom. The molecule has 0 saturated carbocycles. The Hall–Kier alpha value is -1.82. The zero-order valence-corrected chi connectivity index (χ0v) is 13.5. The highest BCUT2D eigenvalue weighted by molar-refractivity contribution is 5.73. The minimum atomic E-state index is -0.0722. The first-order valence-corrected chi connectivity index (χ1v) is 8.59. The van der Waals surface area contributed by atoms with Gasteiger partial charge in [-0.1, -0.05) is 0 Å². The van der Waals surface area contributed by atoms with Crippen LogP contribution in [0, 0.1) is 5.92 Å². The lowest BCUT2D eigenvalue weighted by atomic mass is 9.96. The summed E-state index contributed by atoms with van der Waals surface area (Å²) in [5, 5.41) is 5.90. The molecule has 126 valence electrons. The maximum Gasteiger partial charge on any atom is 0.314 e. The summed E-state index contributed by atoms with van der Waals surface area (Å²) in [4.78, 5) is 18.3. The fraction of sp³-hybridized carbons (Fsp3) is 0.647. The van der Waals surface area contributed by atoms with Gasteiger partial charge in [-0.3, -0.25) is 4.98 Å². The highest BCUT2D eigenvalue weighted by Gasteiger charge is 2.20.